The molecule has 0 fully saturated rings. The van der Waals surface area contributed by atoms with E-state index >= 15 is 0 Å². The molecule has 0 unspecified atom stereocenters. The second-order valence-corrected chi connectivity index (χ2v) is 4.50. The van der Waals surface area contributed by atoms with Gasteiger partial charge in [0.2, 0.25) is 0 Å². The first-order valence-corrected chi connectivity index (χ1v) is 5.74. The van der Waals surface area contributed by atoms with Gasteiger partial charge in [-0.25, -0.2) is 4.79 Å². The molecule has 0 aromatic heterocycles. The fraction of sp³-hybridized carbons (Fsp3) is 0.364. The molecule has 7 heteroatoms. The summed E-state index contributed by atoms with van der Waals surface area (Å²) in [5.74, 6) is -1.02. The Kier molecular flexibility index (Phi) is 4.61. The predicted octanol–water partition coefficient (Wildman–Crippen LogP) is 3.91. The van der Waals surface area contributed by atoms with Gasteiger partial charge in [0.25, 0.3) is 0 Å². The summed E-state index contributed by atoms with van der Waals surface area (Å²) in [5.41, 5.74) is 0.137. The Morgan fingerprint density at radius 3 is 2.39 bits per heavy atom. The molecule has 0 heterocycles. The normalized spacial score (nSPS) is 11.5. The van der Waals surface area contributed by atoms with Crippen LogP contribution < -0.4 is 4.74 Å². The number of carbonyl (C=O) groups is 1. The molecule has 1 rings (SSSR count). The van der Waals surface area contributed by atoms with Gasteiger partial charge in [-0.15, -0.1) is 13.2 Å². The first-order valence-electron chi connectivity index (χ1n) is 4.95. The number of ether oxygens (including phenoxy) is 2. The maximum absolute atomic E-state index is 12.0. The number of halogens is 4. The molecule has 0 bridgehead atoms. The van der Waals surface area contributed by atoms with E-state index in [9.17, 15) is 18.0 Å². The minimum absolute atomic E-state index is 0.137. The lowest BCUT2D eigenvalue weighted by Gasteiger charge is -2.12. The number of hydrogen-bond acceptors (Lipinski definition) is 3. The molecule has 0 saturated carbocycles. The second kappa shape index (κ2) is 5.60. The highest BCUT2D eigenvalue weighted by molar-refractivity contribution is 9.10. The van der Waals surface area contributed by atoms with Crippen molar-refractivity contribution in [2.75, 3.05) is 0 Å². The Labute approximate surface area is 110 Å². The van der Waals surface area contributed by atoms with Crippen LogP contribution in [0.15, 0.2) is 22.7 Å². The molecule has 0 N–H and O–H groups in total. The van der Waals surface area contributed by atoms with Crippen molar-refractivity contribution in [3.8, 4) is 5.75 Å². The number of esters is 1. The van der Waals surface area contributed by atoms with Crippen LogP contribution in [-0.4, -0.2) is 18.4 Å². The van der Waals surface area contributed by atoms with E-state index in [0.717, 1.165) is 12.1 Å². The number of hydrogen-bond donors (Lipinski definition) is 0. The van der Waals surface area contributed by atoms with Crippen molar-refractivity contribution in [3.05, 3.63) is 28.2 Å². The lowest BCUT2D eigenvalue weighted by molar-refractivity contribution is -0.274. The van der Waals surface area contributed by atoms with Crippen molar-refractivity contribution in [2.45, 2.75) is 26.3 Å². The summed E-state index contributed by atoms with van der Waals surface area (Å²) < 4.78 is 44.7. The lowest BCUT2D eigenvalue weighted by atomic mass is 10.2. The summed E-state index contributed by atoms with van der Waals surface area (Å²) in [6.07, 6.45) is -5.07. The Morgan fingerprint density at radius 1 is 1.33 bits per heavy atom. The smallest absolute Gasteiger partial charge is 0.459 e. The fourth-order valence-electron chi connectivity index (χ4n) is 1.14. The maximum Gasteiger partial charge on any atom is 0.573 e. The highest BCUT2D eigenvalue weighted by atomic mass is 79.9. The molecule has 0 amide bonds. The monoisotopic (exact) mass is 326 g/mol. The molecule has 0 saturated heterocycles. The summed E-state index contributed by atoms with van der Waals surface area (Å²) in [7, 11) is 0. The van der Waals surface area contributed by atoms with Gasteiger partial charge < -0.3 is 9.47 Å². The van der Waals surface area contributed by atoms with Gasteiger partial charge in [0.1, 0.15) is 5.75 Å². The quantitative estimate of drug-likeness (QED) is 0.790. The van der Waals surface area contributed by atoms with Gasteiger partial charge in [-0.05, 0) is 48.0 Å². The Morgan fingerprint density at radius 2 is 1.94 bits per heavy atom. The minimum Gasteiger partial charge on any atom is -0.459 e. The van der Waals surface area contributed by atoms with Gasteiger partial charge in [0.15, 0.2) is 0 Å². The van der Waals surface area contributed by atoms with Gasteiger partial charge in [0, 0.05) is 4.47 Å². The molecule has 3 nitrogen and oxygen atoms in total. The molecule has 1 aromatic carbocycles. The van der Waals surface area contributed by atoms with Gasteiger partial charge in [0.05, 0.1) is 11.7 Å². The van der Waals surface area contributed by atoms with Gasteiger partial charge in [-0.3, -0.25) is 0 Å². The first kappa shape index (κ1) is 14.8. The Hall–Kier alpha value is -1.24. The number of carbonyl (C=O) groups excluding carboxylic acids is 1. The van der Waals surface area contributed by atoms with Crippen LogP contribution in [0.5, 0.6) is 5.75 Å². The second-order valence-electron chi connectivity index (χ2n) is 3.64. The van der Waals surface area contributed by atoms with Crippen molar-refractivity contribution in [3.63, 3.8) is 0 Å². The molecule has 0 aliphatic heterocycles. The molecular weight excluding hydrogens is 317 g/mol. The maximum atomic E-state index is 12.0. The van der Waals surface area contributed by atoms with Crippen LogP contribution in [0.1, 0.15) is 24.2 Å². The third-order valence-electron chi connectivity index (χ3n) is 1.74. The highest BCUT2D eigenvalue weighted by Gasteiger charge is 2.31. The average Bonchev–Trinajstić information content (AvgIpc) is 2.13. The lowest BCUT2D eigenvalue weighted by Crippen LogP contribution is -2.17. The van der Waals surface area contributed by atoms with Crippen molar-refractivity contribution in [1.82, 2.24) is 0 Å². The molecule has 0 spiro atoms. The van der Waals surface area contributed by atoms with E-state index in [1.54, 1.807) is 13.8 Å². The first-order chi connectivity index (χ1) is 8.19. The van der Waals surface area contributed by atoms with Crippen LogP contribution in [0.2, 0.25) is 0 Å². The van der Waals surface area contributed by atoms with Crippen LogP contribution in [-0.2, 0) is 4.74 Å². The highest BCUT2D eigenvalue weighted by Crippen LogP contribution is 2.28. The number of benzene rings is 1. The number of alkyl halides is 3. The zero-order valence-corrected chi connectivity index (χ0v) is 11.1. The molecule has 0 radical (unpaired) electrons. The zero-order valence-electron chi connectivity index (χ0n) is 9.55. The Bertz CT molecular complexity index is 444. The third kappa shape index (κ3) is 4.56. The molecule has 0 aliphatic carbocycles. The van der Waals surface area contributed by atoms with E-state index in [1.165, 1.54) is 6.07 Å². The fourth-order valence-corrected chi connectivity index (χ4v) is 1.66. The van der Waals surface area contributed by atoms with Crippen LogP contribution in [0.3, 0.4) is 0 Å². The van der Waals surface area contributed by atoms with Crippen molar-refractivity contribution >= 4 is 21.9 Å². The van der Waals surface area contributed by atoms with Crippen LogP contribution in [0, 0.1) is 0 Å². The van der Waals surface area contributed by atoms with E-state index in [4.69, 9.17) is 4.74 Å². The summed E-state index contributed by atoms with van der Waals surface area (Å²) in [6.45, 7) is 3.35. The predicted molar refractivity (Wildman–Crippen MR) is 61.4 cm³/mol. The molecule has 100 valence electrons. The summed E-state index contributed by atoms with van der Waals surface area (Å²) >= 11 is 3.00. The molecule has 1 aromatic rings. The van der Waals surface area contributed by atoms with Crippen LogP contribution >= 0.6 is 15.9 Å². The minimum atomic E-state index is -4.76. The van der Waals surface area contributed by atoms with Gasteiger partial charge in [-0.1, -0.05) is 0 Å². The zero-order chi connectivity index (χ0) is 13.9. The van der Waals surface area contributed by atoms with E-state index in [2.05, 4.69) is 20.7 Å². The summed E-state index contributed by atoms with van der Waals surface area (Å²) in [4.78, 5) is 11.6. The van der Waals surface area contributed by atoms with Gasteiger partial charge >= 0.3 is 12.3 Å². The van der Waals surface area contributed by atoms with E-state index in [-0.39, 0.29) is 16.1 Å². The molecule has 0 atom stereocenters. The topological polar surface area (TPSA) is 35.5 Å². The van der Waals surface area contributed by atoms with Crippen LogP contribution in [0.25, 0.3) is 0 Å². The number of rotatable bonds is 3. The van der Waals surface area contributed by atoms with Gasteiger partial charge in [-0.2, -0.15) is 0 Å². The molecule has 0 aliphatic rings. The largest absolute Gasteiger partial charge is 0.573 e. The SMILES string of the molecule is CC(C)OC(=O)c1ccc(OC(F)(F)F)cc1Br. The van der Waals surface area contributed by atoms with Crippen molar-refractivity contribution in [2.24, 2.45) is 0 Å². The molecule has 18 heavy (non-hydrogen) atoms. The average molecular weight is 327 g/mol. The summed E-state index contributed by atoms with van der Waals surface area (Å²) in [5, 5.41) is 0. The Balaban J connectivity index is 2.89. The van der Waals surface area contributed by atoms with Crippen LogP contribution in [0.4, 0.5) is 13.2 Å². The van der Waals surface area contributed by atoms with E-state index in [0.29, 0.717) is 0 Å². The van der Waals surface area contributed by atoms with E-state index < -0.39 is 18.1 Å². The van der Waals surface area contributed by atoms with Crippen molar-refractivity contribution in [1.29, 1.82) is 0 Å². The van der Waals surface area contributed by atoms with Crippen molar-refractivity contribution < 1.29 is 27.4 Å². The standard InChI is InChI=1S/C11H10BrF3O3/c1-6(2)17-10(16)8-4-3-7(5-9(8)12)18-11(13,14)15/h3-6H,1-2H3. The third-order valence-corrected chi connectivity index (χ3v) is 2.39. The molecular formula is C11H10BrF3O3. The summed E-state index contributed by atoms with van der Waals surface area (Å²) in [6, 6.07) is 3.31. The van der Waals surface area contributed by atoms with E-state index in [1.807, 2.05) is 0 Å².